The van der Waals surface area contributed by atoms with E-state index in [0.717, 1.165) is 48.7 Å². The highest BCUT2D eigenvalue weighted by atomic mass is 32.2. The molecule has 2 N–H and O–H groups in total. The predicted octanol–water partition coefficient (Wildman–Crippen LogP) is 4.35. The van der Waals surface area contributed by atoms with Crippen LogP contribution in [0.25, 0.3) is 5.69 Å². The van der Waals surface area contributed by atoms with Crippen LogP contribution in [-0.2, 0) is 10.0 Å². The Balaban J connectivity index is 1.36. The number of amides is 1. The zero-order valence-corrected chi connectivity index (χ0v) is 23.1. The van der Waals surface area contributed by atoms with E-state index in [4.69, 9.17) is 9.84 Å². The van der Waals surface area contributed by atoms with Crippen molar-refractivity contribution in [1.82, 2.24) is 15.2 Å². The molecule has 1 aromatic heterocycles. The molecule has 1 fully saturated rings. The standard InChI is InChI=1S/C29H30N6O4S/c1-21-25(29(34-17-8-9-18-34)35(32-21)23-12-4-3-5-13-23)20-30-31-28(36)22-11-10-14-24(19-22)40(37,38)33-26-15-6-7-16-27(26)39-2/h3-7,10-16,19-20,33H,8-9,17-18H2,1-2H3,(H,31,36)/b30-20-. The first kappa shape index (κ1) is 26.9. The molecular formula is C29H30N6O4S. The third-order valence-electron chi connectivity index (χ3n) is 6.61. The SMILES string of the molecule is COc1ccccc1NS(=O)(=O)c1cccc(C(=O)N/N=C\c2c(C)nn(-c3ccccc3)c2N2CCCC2)c1. The lowest BCUT2D eigenvalue weighted by molar-refractivity contribution is 0.0955. The van der Waals surface area contributed by atoms with Crippen molar-refractivity contribution in [2.75, 3.05) is 29.8 Å². The van der Waals surface area contributed by atoms with Crippen molar-refractivity contribution in [2.24, 2.45) is 5.10 Å². The van der Waals surface area contributed by atoms with Gasteiger partial charge in [-0.15, -0.1) is 0 Å². The largest absolute Gasteiger partial charge is 0.495 e. The van der Waals surface area contributed by atoms with Gasteiger partial charge >= 0.3 is 0 Å². The molecule has 1 saturated heterocycles. The van der Waals surface area contributed by atoms with E-state index in [1.165, 1.54) is 31.4 Å². The van der Waals surface area contributed by atoms with E-state index >= 15 is 0 Å². The van der Waals surface area contributed by atoms with Crippen LogP contribution in [-0.4, -0.2) is 50.5 Å². The van der Waals surface area contributed by atoms with Gasteiger partial charge in [0.1, 0.15) is 11.6 Å². The number of nitrogens with one attached hydrogen (secondary N) is 2. The van der Waals surface area contributed by atoms with E-state index in [9.17, 15) is 13.2 Å². The Morgan fingerprint density at radius 1 is 1.00 bits per heavy atom. The summed E-state index contributed by atoms with van der Waals surface area (Å²) in [6.07, 6.45) is 3.78. The van der Waals surface area contributed by atoms with Crippen molar-refractivity contribution >= 4 is 33.7 Å². The van der Waals surface area contributed by atoms with Crippen molar-refractivity contribution < 1.29 is 17.9 Å². The van der Waals surface area contributed by atoms with E-state index in [0.29, 0.717) is 11.4 Å². The molecule has 0 saturated carbocycles. The molecule has 3 aromatic carbocycles. The maximum atomic E-state index is 13.0. The molecule has 206 valence electrons. The summed E-state index contributed by atoms with van der Waals surface area (Å²) in [4.78, 5) is 15.1. The van der Waals surface area contributed by atoms with Crippen LogP contribution in [0, 0.1) is 6.92 Å². The van der Waals surface area contributed by atoms with Crippen LogP contribution in [0.1, 0.15) is 34.5 Å². The third-order valence-corrected chi connectivity index (χ3v) is 7.97. The Morgan fingerprint density at radius 3 is 2.48 bits per heavy atom. The summed E-state index contributed by atoms with van der Waals surface area (Å²) in [7, 11) is -2.52. The lowest BCUT2D eigenvalue weighted by Crippen LogP contribution is -2.23. The van der Waals surface area contributed by atoms with E-state index in [1.54, 1.807) is 30.5 Å². The van der Waals surface area contributed by atoms with Crippen LogP contribution in [0.4, 0.5) is 11.5 Å². The van der Waals surface area contributed by atoms with E-state index in [1.807, 2.05) is 41.9 Å². The number of anilines is 2. The predicted molar refractivity (Wildman–Crippen MR) is 155 cm³/mol. The van der Waals surface area contributed by atoms with Gasteiger partial charge in [-0.3, -0.25) is 9.52 Å². The van der Waals surface area contributed by atoms with Crippen molar-refractivity contribution in [1.29, 1.82) is 0 Å². The number of aryl methyl sites for hydroxylation is 1. The lowest BCUT2D eigenvalue weighted by atomic mass is 10.2. The summed E-state index contributed by atoms with van der Waals surface area (Å²) in [5.41, 5.74) is 5.50. The summed E-state index contributed by atoms with van der Waals surface area (Å²) in [6, 6.07) is 22.3. The maximum absolute atomic E-state index is 13.0. The van der Waals surface area contributed by atoms with Crippen LogP contribution in [0.5, 0.6) is 5.75 Å². The van der Waals surface area contributed by atoms with Gasteiger partial charge in [-0.1, -0.05) is 36.4 Å². The number of para-hydroxylation sites is 3. The van der Waals surface area contributed by atoms with Crippen LogP contribution in [0.3, 0.4) is 0 Å². The fraction of sp³-hybridized carbons (Fsp3) is 0.207. The number of carbonyl (C=O) groups is 1. The number of rotatable bonds is 9. The number of nitrogens with zero attached hydrogens (tertiary/aromatic N) is 4. The number of hydrogen-bond acceptors (Lipinski definition) is 7. The zero-order chi connectivity index (χ0) is 28.1. The molecule has 0 radical (unpaired) electrons. The minimum Gasteiger partial charge on any atom is -0.495 e. The Hall–Kier alpha value is -4.64. The molecule has 1 amide bonds. The summed E-state index contributed by atoms with van der Waals surface area (Å²) in [6.45, 7) is 3.73. The topological polar surface area (TPSA) is 118 Å². The number of methoxy groups -OCH3 is 1. The molecular weight excluding hydrogens is 528 g/mol. The van der Waals surface area contributed by atoms with Gasteiger partial charge in [0, 0.05) is 18.7 Å². The number of sulfonamides is 1. The number of ether oxygens (including phenoxy) is 1. The molecule has 0 atom stereocenters. The van der Waals surface area contributed by atoms with Gasteiger partial charge in [0.15, 0.2) is 0 Å². The highest BCUT2D eigenvalue weighted by Gasteiger charge is 2.24. The van der Waals surface area contributed by atoms with Crippen LogP contribution >= 0.6 is 0 Å². The first-order valence-corrected chi connectivity index (χ1v) is 14.3. The fourth-order valence-electron chi connectivity index (χ4n) is 4.62. The molecule has 2 heterocycles. The van der Waals surface area contributed by atoms with Crippen molar-refractivity contribution in [3.8, 4) is 11.4 Å². The third kappa shape index (κ3) is 5.69. The Labute approximate surface area is 233 Å². The molecule has 4 aromatic rings. The van der Waals surface area contributed by atoms with Crippen molar-refractivity contribution in [3.63, 3.8) is 0 Å². The molecule has 11 heteroatoms. The monoisotopic (exact) mass is 558 g/mol. The smallest absolute Gasteiger partial charge is 0.271 e. The first-order valence-electron chi connectivity index (χ1n) is 12.9. The molecule has 0 spiro atoms. The summed E-state index contributed by atoms with van der Waals surface area (Å²) in [5, 5.41) is 8.97. The van der Waals surface area contributed by atoms with Gasteiger partial charge in [-0.05, 0) is 62.2 Å². The molecule has 1 aliphatic rings. The number of hydrazone groups is 1. The molecule has 5 rings (SSSR count). The minimum absolute atomic E-state index is 0.0636. The molecule has 1 aliphatic heterocycles. The average Bonchev–Trinajstić information content (AvgIpc) is 3.61. The van der Waals surface area contributed by atoms with E-state index < -0.39 is 15.9 Å². The number of hydrogen-bond donors (Lipinski definition) is 2. The second kappa shape index (κ2) is 11.6. The van der Waals surface area contributed by atoms with Crippen LogP contribution in [0.2, 0.25) is 0 Å². The molecule has 40 heavy (non-hydrogen) atoms. The highest BCUT2D eigenvalue weighted by Crippen LogP contribution is 2.29. The second-order valence-corrected chi connectivity index (χ2v) is 11.0. The molecule has 10 nitrogen and oxygen atoms in total. The van der Waals surface area contributed by atoms with Crippen LogP contribution in [0.15, 0.2) is 88.9 Å². The summed E-state index contributed by atoms with van der Waals surface area (Å²) in [5.74, 6) is 0.768. The van der Waals surface area contributed by atoms with Gasteiger partial charge in [0.05, 0.1) is 40.9 Å². The fourth-order valence-corrected chi connectivity index (χ4v) is 5.73. The Morgan fingerprint density at radius 2 is 1.73 bits per heavy atom. The molecule has 0 bridgehead atoms. The van der Waals surface area contributed by atoms with Gasteiger partial charge in [-0.25, -0.2) is 18.5 Å². The van der Waals surface area contributed by atoms with Gasteiger partial charge in [0.2, 0.25) is 0 Å². The minimum atomic E-state index is -3.97. The average molecular weight is 559 g/mol. The molecule has 0 aliphatic carbocycles. The molecule has 0 unspecified atom stereocenters. The van der Waals surface area contributed by atoms with Crippen molar-refractivity contribution in [2.45, 2.75) is 24.7 Å². The maximum Gasteiger partial charge on any atom is 0.271 e. The van der Waals surface area contributed by atoms with Crippen LogP contribution < -0.4 is 19.8 Å². The van der Waals surface area contributed by atoms with Gasteiger partial charge in [-0.2, -0.15) is 10.2 Å². The first-order chi connectivity index (χ1) is 19.4. The number of benzene rings is 3. The van der Waals surface area contributed by atoms with Gasteiger partial charge < -0.3 is 9.64 Å². The number of carbonyl (C=O) groups excluding carboxylic acids is 1. The second-order valence-electron chi connectivity index (χ2n) is 9.30. The quantitative estimate of drug-likeness (QED) is 0.233. The normalized spacial score (nSPS) is 13.5. The Bertz CT molecular complexity index is 1640. The highest BCUT2D eigenvalue weighted by molar-refractivity contribution is 7.92. The summed E-state index contributed by atoms with van der Waals surface area (Å²) >= 11 is 0. The van der Waals surface area contributed by atoms with E-state index in [2.05, 4.69) is 20.1 Å². The number of aromatic nitrogens is 2. The zero-order valence-electron chi connectivity index (χ0n) is 22.2. The van der Waals surface area contributed by atoms with E-state index in [-0.39, 0.29) is 10.5 Å². The Kier molecular flexibility index (Phi) is 7.83. The van der Waals surface area contributed by atoms with Crippen molar-refractivity contribution in [3.05, 3.63) is 95.7 Å². The summed E-state index contributed by atoms with van der Waals surface area (Å²) < 4.78 is 35.7. The lowest BCUT2D eigenvalue weighted by Gasteiger charge is -2.20. The van der Waals surface area contributed by atoms with Gasteiger partial charge in [0.25, 0.3) is 15.9 Å².